The van der Waals surface area contributed by atoms with Gasteiger partial charge < -0.3 is 33.5 Å². The molecule has 0 saturated carbocycles. The van der Waals surface area contributed by atoms with Crippen LogP contribution >= 0.6 is 11.6 Å². The molecular weight excluding hydrogens is 688 g/mol. The predicted molar refractivity (Wildman–Crippen MR) is 205 cm³/mol. The van der Waals surface area contributed by atoms with E-state index in [0.29, 0.717) is 23.6 Å². The molecule has 0 spiro atoms. The zero-order chi connectivity index (χ0) is 36.9. The van der Waals surface area contributed by atoms with Crippen molar-refractivity contribution in [2.24, 2.45) is 0 Å². The van der Waals surface area contributed by atoms with Crippen LogP contribution in [0.2, 0.25) is 5.02 Å². The van der Waals surface area contributed by atoms with Crippen LogP contribution in [0.5, 0.6) is 5.75 Å². The molecule has 5 aromatic carbocycles. The lowest BCUT2D eigenvalue weighted by atomic mass is 9.74. The lowest BCUT2D eigenvalue weighted by molar-refractivity contribution is -0.369. The van der Waals surface area contributed by atoms with Crippen molar-refractivity contribution >= 4 is 11.6 Å². The number of ether oxygens (including phenoxy) is 6. The van der Waals surface area contributed by atoms with E-state index in [4.69, 9.17) is 40.0 Å². The number of hydrogen-bond acceptors (Lipinski definition) is 7. The van der Waals surface area contributed by atoms with E-state index in [0.717, 1.165) is 33.6 Å². The third-order valence-electron chi connectivity index (χ3n) is 10.2. The fourth-order valence-electron chi connectivity index (χ4n) is 7.33. The fraction of sp³-hybridized carbons (Fsp3) is 0.333. The average Bonchev–Trinajstić information content (AvgIpc) is 3.55. The molecule has 0 amide bonds. The van der Waals surface area contributed by atoms with Crippen molar-refractivity contribution in [1.82, 2.24) is 0 Å². The molecule has 2 bridgehead atoms. The molecule has 2 heterocycles. The molecule has 1 N–H and O–H groups in total. The fourth-order valence-corrected chi connectivity index (χ4v) is 7.52. The lowest BCUT2D eigenvalue weighted by Crippen LogP contribution is -2.72. The van der Waals surface area contributed by atoms with Crippen molar-refractivity contribution < 1.29 is 33.5 Å². The second-order valence-corrected chi connectivity index (χ2v) is 14.7. The van der Waals surface area contributed by atoms with Gasteiger partial charge in [-0.25, -0.2) is 0 Å². The predicted octanol–water partition coefficient (Wildman–Crippen LogP) is 8.81. The molecule has 7 rings (SSSR count). The largest absolute Gasteiger partial charge is 0.494 e. The van der Waals surface area contributed by atoms with Crippen LogP contribution in [0, 0.1) is 0 Å². The van der Waals surface area contributed by atoms with E-state index in [1.54, 1.807) is 13.8 Å². The number of fused-ring (bicyclic) bond motifs is 2. The summed E-state index contributed by atoms with van der Waals surface area (Å²) in [5.74, 6) is -0.669. The van der Waals surface area contributed by atoms with Crippen molar-refractivity contribution in [3.8, 4) is 5.75 Å². The average molecular weight is 735 g/mol. The summed E-state index contributed by atoms with van der Waals surface area (Å²) in [6, 6.07) is 43.8. The second kappa shape index (κ2) is 16.1. The highest BCUT2D eigenvalue weighted by atomic mass is 35.5. The Bertz CT molecular complexity index is 1920. The Kier molecular flexibility index (Phi) is 11.3. The summed E-state index contributed by atoms with van der Waals surface area (Å²) in [6.45, 7) is 6.89. The minimum Gasteiger partial charge on any atom is -0.494 e. The van der Waals surface area contributed by atoms with Gasteiger partial charge in [0.1, 0.15) is 24.1 Å². The summed E-state index contributed by atoms with van der Waals surface area (Å²) in [5.41, 5.74) is 2.86. The summed E-state index contributed by atoms with van der Waals surface area (Å²) in [4.78, 5) is 0. The smallest absolute Gasteiger partial charge is 0.225 e. The molecule has 7 nitrogen and oxygen atoms in total. The van der Waals surface area contributed by atoms with Gasteiger partial charge in [-0.1, -0.05) is 121 Å². The highest BCUT2D eigenvalue weighted by Crippen LogP contribution is 2.56. The van der Waals surface area contributed by atoms with Gasteiger partial charge in [0.05, 0.1) is 38.6 Å². The van der Waals surface area contributed by atoms with E-state index in [2.05, 4.69) is 0 Å². The van der Waals surface area contributed by atoms with Crippen molar-refractivity contribution in [2.75, 3.05) is 13.2 Å². The zero-order valence-corrected chi connectivity index (χ0v) is 31.2. The number of halogens is 1. The first-order valence-electron chi connectivity index (χ1n) is 18.2. The van der Waals surface area contributed by atoms with E-state index >= 15 is 0 Å². The minimum absolute atomic E-state index is 0.0310. The van der Waals surface area contributed by atoms with Crippen LogP contribution in [0.4, 0.5) is 0 Å². The Labute approximate surface area is 317 Å². The van der Waals surface area contributed by atoms with Gasteiger partial charge in [0.25, 0.3) is 0 Å². The number of hydrogen-bond donors (Lipinski definition) is 1. The highest BCUT2D eigenvalue weighted by molar-refractivity contribution is 6.31. The molecule has 0 aromatic heterocycles. The summed E-state index contributed by atoms with van der Waals surface area (Å²) in [7, 11) is 0. The molecule has 2 aliphatic heterocycles. The minimum atomic E-state index is -1.49. The Morgan fingerprint density at radius 2 is 1.25 bits per heavy atom. The molecule has 8 heteroatoms. The van der Waals surface area contributed by atoms with Crippen LogP contribution in [0.3, 0.4) is 0 Å². The molecule has 2 aliphatic rings. The number of aliphatic hydroxyl groups is 1. The van der Waals surface area contributed by atoms with E-state index in [1.807, 2.05) is 140 Å². The first kappa shape index (κ1) is 37.3. The lowest BCUT2D eigenvalue weighted by Gasteiger charge is -2.54. The van der Waals surface area contributed by atoms with Crippen LogP contribution in [-0.2, 0) is 55.7 Å². The first-order chi connectivity index (χ1) is 25.7. The molecule has 276 valence electrons. The van der Waals surface area contributed by atoms with E-state index < -0.39 is 35.3 Å². The van der Waals surface area contributed by atoms with Gasteiger partial charge in [-0.05, 0) is 79.3 Å². The Morgan fingerprint density at radius 1 is 0.698 bits per heavy atom. The molecule has 5 atom stereocenters. The van der Waals surface area contributed by atoms with Gasteiger partial charge in [0, 0.05) is 10.6 Å². The molecule has 5 aromatic rings. The van der Waals surface area contributed by atoms with Crippen LogP contribution < -0.4 is 4.74 Å². The highest BCUT2D eigenvalue weighted by Gasteiger charge is 2.73. The third-order valence-corrected chi connectivity index (χ3v) is 10.6. The van der Waals surface area contributed by atoms with Gasteiger partial charge >= 0.3 is 0 Å². The van der Waals surface area contributed by atoms with Crippen LogP contribution in [0.1, 0.15) is 54.2 Å². The number of rotatable bonds is 15. The van der Waals surface area contributed by atoms with E-state index in [1.165, 1.54) is 0 Å². The van der Waals surface area contributed by atoms with Crippen molar-refractivity contribution in [1.29, 1.82) is 0 Å². The standard InChI is InChI=1S/C45H47ClO7/c1-4-48-38-23-20-32(21-24-38)26-36-27-37(22-25-39(36)46)45-42(51-30-35-18-12-7-13-19-35)40(49-28-33-14-8-5-9-15-33)41(50-29-34-16-10-6-11-17-34)44(53-45,31-52-45)43(2,3)47/h5-25,27,40-42,47H,4,26,28-31H2,1-3H3/t40-,41-,42+,44-,45-/m0/s1. The zero-order valence-electron chi connectivity index (χ0n) is 30.5. The molecule has 2 fully saturated rings. The van der Waals surface area contributed by atoms with Gasteiger partial charge in [0.2, 0.25) is 5.79 Å². The second-order valence-electron chi connectivity index (χ2n) is 14.3. The SMILES string of the molecule is CCOc1ccc(Cc2cc([C@]34OC[C@](C(C)(C)O)(O3)[C@@H](OCc3ccccc3)[C@H](OCc3ccccc3)[C@H]4OCc3ccccc3)ccc2Cl)cc1. The van der Waals surface area contributed by atoms with E-state index in [-0.39, 0.29) is 26.4 Å². The molecular formula is C45H47ClO7. The van der Waals surface area contributed by atoms with Crippen LogP contribution in [0.25, 0.3) is 0 Å². The van der Waals surface area contributed by atoms with Crippen molar-refractivity contribution in [3.05, 3.63) is 172 Å². The molecule has 0 radical (unpaired) electrons. The maximum absolute atomic E-state index is 12.1. The van der Waals surface area contributed by atoms with Crippen molar-refractivity contribution in [2.45, 2.75) is 82.3 Å². The summed E-state index contributed by atoms with van der Waals surface area (Å²) in [5, 5.41) is 12.7. The normalized spacial score (nSPS) is 23.9. The molecule has 53 heavy (non-hydrogen) atoms. The quantitative estimate of drug-likeness (QED) is 0.115. The maximum Gasteiger partial charge on any atom is 0.225 e. The Morgan fingerprint density at radius 3 is 1.79 bits per heavy atom. The third kappa shape index (κ3) is 7.94. The summed E-state index contributed by atoms with van der Waals surface area (Å²) >= 11 is 6.89. The van der Waals surface area contributed by atoms with Crippen LogP contribution in [0.15, 0.2) is 133 Å². The molecule has 2 saturated heterocycles. The van der Waals surface area contributed by atoms with Gasteiger partial charge in [-0.15, -0.1) is 0 Å². The van der Waals surface area contributed by atoms with E-state index in [9.17, 15) is 5.11 Å². The van der Waals surface area contributed by atoms with Gasteiger partial charge in [-0.2, -0.15) is 0 Å². The first-order valence-corrected chi connectivity index (χ1v) is 18.6. The molecule has 0 aliphatic carbocycles. The van der Waals surface area contributed by atoms with Gasteiger partial charge in [-0.3, -0.25) is 0 Å². The summed E-state index contributed by atoms with van der Waals surface area (Å²) in [6.07, 6.45) is -1.79. The van der Waals surface area contributed by atoms with Crippen molar-refractivity contribution in [3.63, 3.8) is 0 Å². The van der Waals surface area contributed by atoms with Gasteiger partial charge in [0.15, 0.2) is 5.60 Å². The summed E-state index contributed by atoms with van der Waals surface area (Å²) < 4.78 is 40.5. The monoisotopic (exact) mass is 734 g/mol. The Hall–Kier alpha value is -4.05. The topological polar surface area (TPSA) is 75.6 Å². The Balaban J connectivity index is 1.33. The van der Waals surface area contributed by atoms with Crippen LogP contribution in [-0.4, -0.2) is 47.8 Å². The molecule has 0 unspecified atom stereocenters. The maximum atomic E-state index is 12.1. The number of benzene rings is 5.